The minimum absolute atomic E-state index is 0.361. The van der Waals surface area contributed by atoms with Gasteiger partial charge in [0.15, 0.2) is 0 Å². The first-order valence-electron chi connectivity index (χ1n) is 9.48. The van der Waals surface area contributed by atoms with E-state index in [2.05, 4.69) is 41.4 Å². The molecule has 1 aliphatic heterocycles. The Kier molecular flexibility index (Phi) is 5.96. The highest BCUT2D eigenvalue weighted by molar-refractivity contribution is 5.48. The zero-order valence-electron chi connectivity index (χ0n) is 14.5. The molecule has 1 aromatic carbocycles. The van der Waals surface area contributed by atoms with Crippen LogP contribution in [0, 0.1) is 5.92 Å². The maximum absolute atomic E-state index is 9.25. The fraction of sp³-hybridized carbons (Fsp3) is 0.700. The molecule has 1 unspecified atom stereocenters. The lowest BCUT2D eigenvalue weighted by Gasteiger charge is -2.31. The van der Waals surface area contributed by atoms with Crippen molar-refractivity contribution in [3.05, 3.63) is 29.8 Å². The van der Waals surface area contributed by atoms with Crippen LogP contribution in [0.4, 0.5) is 5.69 Å². The maximum Gasteiger partial charge on any atom is 0.0459 e. The topological polar surface area (TPSA) is 35.5 Å². The summed E-state index contributed by atoms with van der Waals surface area (Å²) < 4.78 is 0. The Morgan fingerprint density at radius 3 is 2.30 bits per heavy atom. The van der Waals surface area contributed by atoms with E-state index in [1.165, 1.54) is 56.4 Å². The standard InChI is InChI=1S/C20H32N2O/c1-16(21-19-9-5-17(15-23)6-10-19)18-7-11-20(12-8-18)22-13-3-2-4-14-22/h7-8,11-12,16-17,19,21,23H,2-6,9-10,13-15H2,1H3. The van der Waals surface area contributed by atoms with Gasteiger partial charge in [-0.05, 0) is 75.5 Å². The predicted molar refractivity (Wildman–Crippen MR) is 96.9 cm³/mol. The third kappa shape index (κ3) is 4.48. The van der Waals surface area contributed by atoms with E-state index in [0.29, 0.717) is 24.6 Å². The van der Waals surface area contributed by atoms with Gasteiger partial charge in [0.2, 0.25) is 0 Å². The number of rotatable bonds is 5. The van der Waals surface area contributed by atoms with Gasteiger partial charge in [0.1, 0.15) is 0 Å². The van der Waals surface area contributed by atoms with Gasteiger partial charge in [0.05, 0.1) is 0 Å². The molecule has 2 aliphatic rings. The van der Waals surface area contributed by atoms with E-state index in [-0.39, 0.29) is 0 Å². The van der Waals surface area contributed by atoms with Gasteiger partial charge < -0.3 is 15.3 Å². The molecule has 1 saturated carbocycles. The van der Waals surface area contributed by atoms with E-state index in [9.17, 15) is 5.11 Å². The summed E-state index contributed by atoms with van der Waals surface area (Å²) in [5.41, 5.74) is 2.76. The Morgan fingerprint density at radius 2 is 1.70 bits per heavy atom. The largest absolute Gasteiger partial charge is 0.396 e. The van der Waals surface area contributed by atoms with Gasteiger partial charge in [0, 0.05) is 37.5 Å². The van der Waals surface area contributed by atoms with Crippen molar-refractivity contribution in [2.75, 3.05) is 24.6 Å². The monoisotopic (exact) mass is 316 g/mol. The molecular formula is C20H32N2O. The normalized spacial score (nSPS) is 27.0. The zero-order valence-corrected chi connectivity index (χ0v) is 14.5. The molecule has 0 radical (unpaired) electrons. The van der Waals surface area contributed by atoms with Gasteiger partial charge in [-0.1, -0.05) is 12.1 Å². The van der Waals surface area contributed by atoms with Crippen molar-refractivity contribution >= 4 is 5.69 Å². The molecule has 3 heteroatoms. The van der Waals surface area contributed by atoms with Crippen LogP contribution in [-0.2, 0) is 0 Å². The summed E-state index contributed by atoms with van der Waals surface area (Å²) in [6.45, 7) is 5.05. The molecule has 2 N–H and O–H groups in total. The summed E-state index contributed by atoms with van der Waals surface area (Å²) in [6, 6.07) is 10.2. The molecule has 0 bridgehead atoms. The Bertz CT molecular complexity index is 459. The molecular weight excluding hydrogens is 284 g/mol. The van der Waals surface area contributed by atoms with Crippen molar-refractivity contribution < 1.29 is 5.11 Å². The van der Waals surface area contributed by atoms with Crippen LogP contribution in [-0.4, -0.2) is 30.8 Å². The van der Waals surface area contributed by atoms with Gasteiger partial charge >= 0.3 is 0 Å². The first-order chi connectivity index (χ1) is 11.3. The molecule has 1 saturated heterocycles. The molecule has 128 valence electrons. The van der Waals surface area contributed by atoms with E-state index in [1.54, 1.807) is 0 Å². The molecule has 3 nitrogen and oxygen atoms in total. The van der Waals surface area contributed by atoms with Gasteiger partial charge in [-0.3, -0.25) is 0 Å². The molecule has 1 aromatic rings. The van der Waals surface area contributed by atoms with E-state index in [1.807, 2.05) is 0 Å². The van der Waals surface area contributed by atoms with Gasteiger partial charge in [-0.2, -0.15) is 0 Å². The van der Waals surface area contributed by atoms with Crippen molar-refractivity contribution in [1.82, 2.24) is 5.32 Å². The van der Waals surface area contributed by atoms with E-state index in [4.69, 9.17) is 0 Å². The number of nitrogens with zero attached hydrogens (tertiary/aromatic N) is 1. The van der Waals surface area contributed by atoms with Crippen molar-refractivity contribution in [2.45, 2.75) is 64.0 Å². The number of hydrogen-bond donors (Lipinski definition) is 2. The lowest BCUT2D eigenvalue weighted by atomic mass is 9.86. The molecule has 2 fully saturated rings. The first-order valence-corrected chi connectivity index (χ1v) is 9.48. The van der Waals surface area contributed by atoms with E-state index in [0.717, 1.165) is 12.8 Å². The minimum atomic E-state index is 0.361. The number of anilines is 1. The molecule has 3 rings (SSSR count). The third-order valence-electron chi connectivity index (χ3n) is 5.70. The number of aliphatic hydroxyl groups excluding tert-OH is 1. The Balaban J connectivity index is 1.52. The second-order valence-corrected chi connectivity index (χ2v) is 7.43. The average molecular weight is 316 g/mol. The summed E-state index contributed by atoms with van der Waals surface area (Å²) >= 11 is 0. The molecule has 1 aliphatic carbocycles. The van der Waals surface area contributed by atoms with Crippen LogP contribution >= 0.6 is 0 Å². The van der Waals surface area contributed by atoms with Gasteiger partial charge in [-0.25, -0.2) is 0 Å². The fourth-order valence-electron chi connectivity index (χ4n) is 4.09. The number of nitrogens with one attached hydrogen (secondary N) is 1. The summed E-state index contributed by atoms with van der Waals surface area (Å²) in [5.74, 6) is 0.534. The predicted octanol–water partition coefficient (Wildman–Crippen LogP) is 3.88. The van der Waals surface area contributed by atoms with Crippen LogP contribution in [0.15, 0.2) is 24.3 Å². The molecule has 0 amide bonds. The Labute approximate surface area is 141 Å². The number of piperidine rings is 1. The van der Waals surface area contributed by atoms with Crippen LogP contribution in [0.2, 0.25) is 0 Å². The molecule has 1 heterocycles. The average Bonchev–Trinajstić information content (AvgIpc) is 2.63. The summed E-state index contributed by atoms with van der Waals surface area (Å²) in [5, 5.41) is 13.0. The van der Waals surface area contributed by atoms with Crippen LogP contribution in [0.1, 0.15) is 63.5 Å². The lowest BCUT2D eigenvalue weighted by molar-refractivity contribution is 0.172. The second-order valence-electron chi connectivity index (χ2n) is 7.43. The maximum atomic E-state index is 9.25. The smallest absolute Gasteiger partial charge is 0.0459 e. The highest BCUT2D eigenvalue weighted by Gasteiger charge is 2.22. The zero-order chi connectivity index (χ0) is 16.1. The van der Waals surface area contributed by atoms with Crippen molar-refractivity contribution in [3.63, 3.8) is 0 Å². The van der Waals surface area contributed by atoms with Gasteiger partial charge in [0.25, 0.3) is 0 Å². The fourth-order valence-corrected chi connectivity index (χ4v) is 4.09. The molecule has 0 spiro atoms. The highest BCUT2D eigenvalue weighted by atomic mass is 16.3. The summed E-state index contributed by atoms with van der Waals surface area (Å²) in [6.07, 6.45) is 8.76. The third-order valence-corrected chi connectivity index (χ3v) is 5.70. The Hall–Kier alpha value is -1.06. The van der Waals surface area contributed by atoms with Crippen LogP contribution in [0.25, 0.3) is 0 Å². The Morgan fingerprint density at radius 1 is 1.04 bits per heavy atom. The summed E-state index contributed by atoms with van der Waals surface area (Å²) in [4.78, 5) is 2.52. The van der Waals surface area contributed by atoms with E-state index >= 15 is 0 Å². The lowest BCUT2D eigenvalue weighted by Crippen LogP contribution is -2.35. The second kappa shape index (κ2) is 8.16. The quantitative estimate of drug-likeness (QED) is 0.865. The first kappa shape index (κ1) is 16.8. The number of benzene rings is 1. The van der Waals surface area contributed by atoms with Crippen molar-refractivity contribution in [2.24, 2.45) is 5.92 Å². The number of aliphatic hydroxyl groups is 1. The highest BCUT2D eigenvalue weighted by Crippen LogP contribution is 2.27. The molecule has 1 atom stereocenters. The van der Waals surface area contributed by atoms with Crippen LogP contribution in [0.3, 0.4) is 0 Å². The SMILES string of the molecule is CC(NC1CCC(CO)CC1)c1ccc(N2CCCCC2)cc1. The number of hydrogen-bond acceptors (Lipinski definition) is 3. The van der Waals surface area contributed by atoms with Crippen LogP contribution < -0.4 is 10.2 Å². The van der Waals surface area contributed by atoms with Crippen molar-refractivity contribution in [3.8, 4) is 0 Å². The van der Waals surface area contributed by atoms with Crippen molar-refractivity contribution in [1.29, 1.82) is 0 Å². The van der Waals surface area contributed by atoms with E-state index < -0.39 is 0 Å². The summed E-state index contributed by atoms with van der Waals surface area (Å²) in [7, 11) is 0. The minimum Gasteiger partial charge on any atom is -0.396 e. The molecule has 23 heavy (non-hydrogen) atoms. The molecule has 0 aromatic heterocycles. The van der Waals surface area contributed by atoms with Gasteiger partial charge in [-0.15, -0.1) is 0 Å². The van der Waals surface area contributed by atoms with Crippen LogP contribution in [0.5, 0.6) is 0 Å².